The van der Waals surface area contributed by atoms with Gasteiger partial charge < -0.3 is 5.73 Å². The second-order valence-corrected chi connectivity index (χ2v) is 5.33. The molecular formula is C17H14FN3. The molecule has 1 aromatic heterocycles. The van der Waals surface area contributed by atoms with Crippen molar-refractivity contribution in [1.29, 1.82) is 0 Å². The van der Waals surface area contributed by atoms with Gasteiger partial charge in [-0.1, -0.05) is 42.5 Å². The lowest BCUT2D eigenvalue weighted by Gasteiger charge is -2.30. The molecule has 0 fully saturated rings. The van der Waals surface area contributed by atoms with E-state index in [9.17, 15) is 4.39 Å². The second kappa shape index (κ2) is 4.45. The summed E-state index contributed by atoms with van der Waals surface area (Å²) in [6, 6.07) is 14.9. The SMILES string of the molecule is Nc1n[nH]c(C2Cc3ccccc32)c1-c1ccccc1F. The van der Waals surface area contributed by atoms with Crippen LogP contribution >= 0.6 is 0 Å². The first-order chi connectivity index (χ1) is 10.3. The van der Waals surface area contributed by atoms with E-state index in [4.69, 9.17) is 5.73 Å². The molecule has 0 radical (unpaired) electrons. The largest absolute Gasteiger partial charge is 0.382 e. The lowest BCUT2D eigenvalue weighted by atomic mass is 9.74. The Morgan fingerprint density at radius 3 is 2.67 bits per heavy atom. The Morgan fingerprint density at radius 1 is 1.10 bits per heavy atom. The van der Waals surface area contributed by atoms with Crippen molar-refractivity contribution in [3.63, 3.8) is 0 Å². The molecule has 0 bridgehead atoms. The number of nitrogens with two attached hydrogens (primary N) is 1. The number of nitrogen functional groups attached to an aromatic ring is 1. The molecule has 1 aliphatic rings. The number of aromatic amines is 1. The summed E-state index contributed by atoms with van der Waals surface area (Å²) in [5, 5.41) is 7.10. The third-order valence-corrected chi connectivity index (χ3v) is 4.17. The van der Waals surface area contributed by atoms with E-state index in [0.717, 1.165) is 12.1 Å². The van der Waals surface area contributed by atoms with Crippen molar-refractivity contribution in [2.75, 3.05) is 5.73 Å². The Kier molecular flexibility index (Phi) is 2.57. The van der Waals surface area contributed by atoms with Gasteiger partial charge in [0.15, 0.2) is 5.82 Å². The van der Waals surface area contributed by atoms with Crippen molar-refractivity contribution in [2.45, 2.75) is 12.3 Å². The molecule has 0 aliphatic heterocycles. The van der Waals surface area contributed by atoms with Gasteiger partial charge in [-0.25, -0.2) is 4.39 Å². The molecule has 21 heavy (non-hydrogen) atoms. The van der Waals surface area contributed by atoms with Crippen LogP contribution < -0.4 is 5.73 Å². The topological polar surface area (TPSA) is 54.7 Å². The standard InChI is InChI=1S/C17H14FN3/c18-14-8-4-3-7-12(14)15-16(20-21-17(15)19)13-9-10-5-1-2-6-11(10)13/h1-8,13H,9H2,(H3,19,20,21). The predicted molar refractivity (Wildman–Crippen MR) is 80.4 cm³/mol. The van der Waals surface area contributed by atoms with Gasteiger partial charge >= 0.3 is 0 Å². The first kappa shape index (κ1) is 12.1. The number of hydrogen-bond donors (Lipinski definition) is 2. The number of fused-ring (bicyclic) bond motifs is 1. The van der Waals surface area contributed by atoms with Crippen LogP contribution in [0.5, 0.6) is 0 Å². The molecule has 0 spiro atoms. The number of nitrogens with one attached hydrogen (secondary N) is 1. The maximum atomic E-state index is 14.1. The fourth-order valence-electron chi connectivity index (χ4n) is 3.09. The van der Waals surface area contributed by atoms with Crippen molar-refractivity contribution >= 4 is 5.82 Å². The molecular weight excluding hydrogens is 265 g/mol. The van der Waals surface area contributed by atoms with E-state index in [1.807, 2.05) is 18.2 Å². The lowest BCUT2D eigenvalue weighted by molar-refractivity contribution is 0.630. The van der Waals surface area contributed by atoms with Crippen LogP contribution in [0.2, 0.25) is 0 Å². The third kappa shape index (κ3) is 1.76. The highest BCUT2D eigenvalue weighted by Gasteiger charge is 2.32. The van der Waals surface area contributed by atoms with E-state index in [-0.39, 0.29) is 11.7 Å². The maximum Gasteiger partial charge on any atom is 0.153 e. The van der Waals surface area contributed by atoms with Gasteiger partial charge in [-0.15, -0.1) is 0 Å². The smallest absolute Gasteiger partial charge is 0.153 e. The van der Waals surface area contributed by atoms with Crippen LogP contribution in [0.1, 0.15) is 22.7 Å². The minimum Gasteiger partial charge on any atom is -0.382 e. The number of anilines is 1. The van der Waals surface area contributed by atoms with Crippen LogP contribution in [-0.2, 0) is 6.42 Å². The van der Waals surface area contributed by atoms with E-state index in [1.165, 1.54) is 17.2 Å². The van der Waals surface area contributed by atoms with Gasteiger partial charge in [-0.2, -0.15) is 5.10 Å². The van der Waals surface area contributed by atoms with Crippen LogP contribution in [0.25, 0.3) is 11.1 Å². The summed E-state index contributed by atoms with van der Waals surface area (Å²) < 4.78 is 14.1. The van der Waals surface area contributed by atoms with Crippen LogP contribution in [0, 0.1) is 5.82 Å². The summed E-state index contributed by atoms with van der Waals surface area (Å²) >= 11 is 0. The van der Waals surface area contributed by atoms with Gasteiger partial charge in [0.05, 0.1) is 11.3 Å². The number of nitrogens with zero attached hydrogens (tertiary/aromatic N) is 1. The molecule has 4 heteroatoms. The molecule has 3 aromatic rings. The highest BCUT2D eigenvalue weighted by atomic mass is 19.1. The van der Waals surface area contributed by atoms with Crippen molar-refractivity contribution in [2.24, 2.45) is 0 Å². The van der Waals surface area contributed by atoms with Gasteiger partial charge in [-0.05, 0) is 23.6 Å². The highest BCUT2D eigenvalue weighted by molar-refractivity contribution is 5.78. The first-order valence-corrected chi connectivity index (χ1v) is 6.92. The number of rotatable bonds is 2. The van der Waals surface area contributed by atoms with E-state index in [0.29, 0.717) is 16.9 Å². The van der Waals surface area contributed by atoms with E-state index in [2.05, 4.69) is 22.3 Å². The fraction of sp³-hybridized carbons (Fsp3) is 0.118. The number of H-pyrrole nitrogens is 1. The molecule has 3 nitrogen and oxygen atoms in total. The first-order valence-electron chi connectivity index (χ1n) is 6.92. The Labute approximate surface area is 121 Å². The molecule has 3 N–H and O–H groups in total. The van der Waals surface area contributed by atoms with Crippen LogP contribution in [0.3, 0.4) is 0 Å². The summed E-state index contributed by atoms with van der Waals surface area (Å²) in [5.74, 6) is 0.277. The minimum absolute atomic E-state index is 0.209. The van der Waals surface area contributed by atoms with Crippen LogP contribution in [-0.4, -0.2) is 10.2 Å². The number of aromatic nitrogens is 2. The Hall–Kier alpha value is -2.62. The van der Waals surface area contributed by atoms with Crippen molar-refractivity contribution < 1.29 is 4.39 Å². The Balaban J connectivity index is 1.85. The van der Waals surface area contributed by atoms with Crippen LogP contribution in [0.15, 0.2) is 48.5 Å². The highest BCUT2D eigenvalue weighted by Crippen LogP contribution is 2.44. The second-order valence-electron chi connectivity index (χ2n) is 5.33. The number of hydrogen-bond acceptors (Lipinski definition) is 2. The maximum absolute atomic E-state index is 14.1. The zero-order valence-electron chi connectivity index (χ0n) is 11.3. The molecule has 0 saturated carbocycles. The predicted octanol–water partition coefficient (Wildman–Crippen LogP) is 3.49. The van der Waals surface area contributed by atoms with Gasteiger partial charge in [0.1, 0.15) is 5.82 Å². The normalized spacial score (nSPS) is 16.3. The average Bonchev–Trinajstić information content (AvgIpc) is 2.83. The van der Waals surface area contributed by atoms with Crippen LogP contribution in [0.4, 0.5) is 10.2 Å². The lowest BCUT2D eigenvalue weighted by Crippen LogP contribution is -2.19. The zero-order chi connectivity index (χ0) is 14.4. The molecule has 0 saturated heterocycles. The van der Waals surface area contributed by atoms with Gasteiger partial charge in [-0.3, -0.25) is 5.10 Å². The van der Waals surface area contributed by atoms with E-state index < -0.39 is 0 Å². The molecule has 1 heterocycles. The van der Waals surface area contributed by atoms with Gasteiger partial charge in [0.2, 0.25) is 0 Å². The molecule has 2 aromatic carbocycles. The molecule has 1 aliphatic carbocycles. The summed E-state index contributed by atoms with van der Waals surface area (Å²) in [4.78, 5) is 0. The number of halogens is 1. The van der Waals surface area contributed by atoms with Crippen molar-refractivity contribution in [3.8, 4) is 11.1 Å². The van der Waals surface area contributed by atoms with Crippen molar-refractivity contribution in [3.05, 3.63) is 71.2 Å². The minimum atomic E-state index is -0.278. The van der Waals surface area contributed by atoms with E-state index in [1.54, 1.807) is 12.1 Å². The third-order valence-electron chi connectivity index (χ3n) is 4.17. The zero-order valence-corrected chi connectivity index (χ0v) is 11.3. The summed E-state index contributed by atoms with van der Waals surface area (Å²) in [5.41, 5.74) is 10.7. The fourth-order valence-corrected chi connectivity index (χ4v) is 3.09. The quantitative estimate of drug-likeness (QED) is 0.754. The molecule has 1 unspecified atom stereocenters. The summed E-state index contributed by atoms with van der Waals surface area (Å²) in [6.45, 7) is 0. The monoisotopic (exact) mass is 279 g/mol. The molecule has 4 rings (SSSR count). The Bertz CT molecular complexity index is 822. The summed E-state index contributed by atoms with van der Waals surface area (Å²) in [6.07, 6.45) is 0.930. The average molecular weight is 279 g/mol. The molecule has 0 amide bonds. The summed E-state index contributed by atoms with van der Waals surface area (Å²) in [7, 11) is 0. The molecule has 1 atom stereocenters. The van der Waals surface area contributed by atoms with E-state index >= 15 is 0 Å². The van der Waals surface area contributed by atoms with Crippen molar-refractivity contribution in [1.82, 2.24) is 10.2 Å². The molecule has 104 valence electrons. The van der Waals surface area contributed by atoms with Gasteiger partial charge in [0, 0.05) is 11.5 Å². The Morgan fingerprint density at radius 2 is 1.86 bits per heavy atom. The number of benzene rings is 2. The van der Waals surface area contributed by atoms with Gasteiger partial charge in [0.25, 0.3) is 0 Å².